The number of hydrogen-bond donors (Lipinski definition) is 3. The number of rotatable bonds is 6. The molecule has 172 valence electrons. The van der Waals surface area contributed by atoms with E-state index in [4.69, 9.17) is 0 Å². The molecule has 2 aromatic heterocycles. The monoisotopic (exact) mass is 457 g/mol. The van der Waals surface area contributed by atoms with Gasteiger partial charge in [0, 0.05) is 30.4 Å². The predicted molar refractivity (Wildman–Crippen MR) is 125 cm³/mol. The summed E-state index contributed by atoms with van der Waals surface area (Å²) in [4.78, 5) is 37.8. The number of nitrogens with one attached hydrogen (secondary N) is 2. The van der Waals surface area contributed by atoms with Crippen molar-refractivity contribution in [2.24, 2.45) is 0 Å². The normalized spacial score (nSPS) is 22.7. The molecule has 1 saturated carbocycles. The molecule has 4 rings (SSSR count). The first-order chi connectivity index (χ1) is 15.2. The molecule has 9 heteroatoms. The van der Waals surface area contributed by atoms with Crippen LogP contribution in [0.15, 0.2) is 12.3 Å². The molecule has 8 nitrogen and oxygen atoms in total. The molecule has 2 fully saturated rings. The highest BCUT2D eigenvalue weighted by Crippen LogP contribution is 2.35. The van der Waals surface area contributed by atoms with Gasteiger partial charge in [0.15, 0.2) is 5.01 Å². The van der Waals surface area contributed by atoms with Crippen molar-refractivity contribution in [3.8, 4) is 10.4 Å². The highest BCUT2D eigenvalue weighted by atomic mass is 32.1. The molecule has 0 unspecified atom stereocenters. The van der Waals surface area contributed by atoms with Crippen molar-refractivity contribution >= 4 is 29.0 Å². The molecule has 0 bridgehead atoms. The van der Waals surface area contributed by atoms with Crippen LogP contribution in [0.4, 0.5) is 5.82 Å². The predicted octanol–water partition coefficient (Wildman–Crippen LogP) is 3.21. The number of hydrogen-bond acceptors (Lipinski definition) is 7. The molecule has 1 aliphatic heterocycles. The second-order valence-corrected chi connectivity index (χ2v) is 10.1. The van der Waals surface area contributed by atoms with E-state index in [1.807, 2.05) is 38.7 Å². The van der Waals surface area contributed by atoms with E-state index in [0.717, 1.165) is 36.2 Å². The zero-order valence-corrected chi connectivity index (χ0v) is 19.8. The Labute approximate surface area is 192 Å². The Hall–Kier alpha value is -2.52. The lowest BCUT2D eigenvalue weighted by Crippen LogP contribution is -2.50. The van der Waals surface area contributed by atoms with Crippen molar-refractivity contribution in [1.29, 1.82) is 0 Å². The number of carbonyl (C=O) groups excluding carboxylic acids is 2. The summed E-state index contributed by atoms with van der Waals surface area (Å²) in [6.45, 7) is 8.81. The lowest BCUT2D eigenvalue weighted by Gasteiger charge is -2.32. The van der Waals surface area contributed by atoms with Crippen LogP contribution in [0.1, 0.15) is 72.3 Å². The minimum absolute atomic E-state index is 0.146. The van der Waals surface area contributed by atoms with E-state index < -0.39 is 6.10 Å². The molecular formula is C23H31N5O3S. The summed E-state index contributed by atoms with van der Waals surface area (Å²) in [5.41, 5.74) is 2.06. The Morgan fingerprint density at radius 2 is 2.06 bits per heavy atom. The Balaban J connectivity index is 1.70. The van der Waals surface area contributed by atoms with E-state index >= 15 is 0 Å². The summed E-state index contributed by atoms with van der Waals surface area (Å²) in [6, 6.07) is 2.10. The van der Waals surface area contributed by atoms with Crippen molar-refractivity contribution in [2.75, 3.05) is 11.9 Å². The molecule has 3 N–H and O–H groups in total. The Bertz CT molecular complexity index is 1020. The SMILES string of the molecule is Cc1cc(NC(C)C)ncc1-c1sc(C(=O)N[C@@H]2CC[C@H]2O)nc1C(=O)N1CCC[C@@H]1C. The van der Waals surface area contributed by atoms with Gasteiger partial charge in [0.25, 0.3) is 11.8 Å². The van der Waals surface area contributed by atoms with Gasteiger partial charge in [-0.15, -0.1) is 11.3 Å². The van der Waals surface area contributed by atoms with Crippen molar-refractivity contribution in [3.63, 3.8) is 0 Å². The standard InChI is InChI=1S/C23H31N5O3S/c1-12(2)25-18-10-13(3)15(11-24-18)20-19(23(31)28-9-5-6-14(28)4)27-22(32-20)21(30)26-16-7-8-17(16)29/h10-12,14,16-17,29H,5-9H2,1-4H3,(H,24,25)(H,26,30)/t14-,16+,17+/m0/s1. The average molecular weight is 458 g/mol. The van der Waals surface area contributed by atoms with Gasteiger partial charge in [0.2, 0.25) is 0 Å². The molecule has 0 aromatic carbocycles. The van der Waals surface area contributed by atoms with Gasteiger partial charge < -0.3 is 20.6 Å². The largest absolute Gasteiger partial charge is 0.391 e. The summed E-state index contributed by atoms with van der Waals surface area (Å²) in [6.07, 6.45) is 4.60. The maximum atomic E-state index is 13.4. The molecule has 1 aliphatic carbocycles. The molecular weight excluding hydrogens is 426 g/mol. The lowest BCUT2D eigenvalue weighted by atomic mass is 9.89. The summed E-state index contributed by atoms with van der Waals surface area (Å²) < 4.78 is 0. The number of aromatic nitrogens is 2. The van der Waals surface area contributed by atoms with Crippen LogP contribution in [0, 0.1) is 6.92 Å². The maximum absolute atomic E-state index is 13.4. The molecule has 0 spiro atoms. The number of aliphatic hydroxyl groups is 1. The fourth-order valence-corrected chi connectivity index (χ4v) is 5.20. The van der Waals surface area contributed by atoms with Gasteiger partial charge in [-0.1, -0.05) is 0 Å². The van der Waals surface area contributed by atoms with Crippen LogP contribution in [0.5, 0.6) is 0 Å². The second kappa shape index (κ2) is 9.15. The number of pyridine rings is 1. The van der Waals surface area contributed by atoms with Crippen molar-refractivity contribution < 1.29 is 14.7 Å². The number of carbonyl (C=O) groups is 2. The van der Waals surface area contributed by atoms with E-state index in [-0.39, 0.29) is 34.9 Å². The first kappa shape index (κ1) is 22.7. The second-order valence-electron chi connectivity index (χ2n) is 9.09. The fraction of sp³-hybridized carbons (Fsp3) is 0.565. The minimum Gasteiger partial charge on any atom is -0.391 e. The van der Waals surface area contributed by atoms with Crippen LogP contribution in [-0.4, -0.2) is 62.6 Å². The molecule has 1 saturated heterocycles. The van der Waals surface area contributed by atoms with Crippen LogP contribution in [0.25, 0.3) is 10.4 Å². The molecule has 3 atom stereocenters. The summed E-state index contributed by atoms with van der Waals surface area (Å²) in [5.74, 6) is 0.272. The minimum atomic E-state index is -0.516. The molecule has 2 aliphatic rings. The zero-order valence-electron chi connectivity index (χ0n) is 19.0. The first-order valence-corrected chi connectivity index (χ1v) is 12.1. The van der Waals surface area contributed by atoms with Gasteiger partial charge in [-0.05, 0) is 65.0 Å². The lowest BCUT2D eigenvalue weighted by molar-refractivity contribution is 0.0447. The number of aryl methyl sites for hydroxylation is 1. The number of amides is 2. The van der Waals surface area contributed by atoms with E-state index in [9.17, 15) is 14.7 Å². The first-order valence-electron chi connectivity index (χ1n) is 11.3. The summed E-state index contributed by atoms with van der Waals surface area (Å²) in [5, 5.41) is 16.2. The summed E-state index contributed by atoms with van der Waals surface area (Å²) >= 11 is 1.21. The van der Waals surface area contributed by atoms with E-state index in [1.54, 1.807) is 6.20 Å². The van der Waals surface area contributed by atoms with Gasteiger partial charge >= 0.3 is 0 Å². The zero-order chi connectivity index (χ0) is 23.0. The molecule has 2 amide bonds. The molecule has 0 radical (unpaired) electrons. The number of aliphatic hydroxyl groups excluding tert-OH is 1. The van der Waals surface area contributed by atoms with Crippen LogP contribution in [0.2, 0.25) is 0 Å². The van der Waals surface area contributed by atoms with Crippen molar-refractivity contribution in [3.05, 3.63) is 28.5 Å². The highest BCUT2D eigenvalue weighted by Gasteiger charge is 2.34. The Morgan fingerprint density at radius 3 is 2.62 bits per heavy atom. The van der Waals surface area contributed by atoms with Crippen molar-refractivity contribution in [1.82, 2.24) is 20.2 Å². The van der Waals surface area contributed by atoms with Crippen molar-refractivity contribution in [2.45, 2.75) is 77.6 Å². The summed E-state index contributed by atoms with van der Waals surface area (Å²) in [7, 11) is 0. The van der Waals surface area contributed by atoms with E-state index in [0.29, 0.717) is 23.5 Å². The van der Waals surface area contributed by atoms with Crippen LogP contribution >= 0.6 is 11.3 Å². The number of anilines is 1. The highest BCUT2D eigenvalue weighted by molar-refractivity contribution is 7.17. The Morgan fingerprint density at radius 1 is 1.28 bits per heavy atom. The smallest absolute Gasteiger partial charge is 0.280 e. The van der Waals surface area contributed by atoms with Gasteiger partial charge in [0.1, 0.15) is 11.5 Å². The van der Waals surface area contributed by atoms with Crippen LogP contribution in [-0.2, 0) is 0 Å². The van der Waals surface area contributed by atoms with Crippen LogP contribution in [0.3, 0.4) is 0 Å². The maximum Gasteiger partial charge on any atom is 0.280 e. The third-order valence-electron chi connectivity index (χ3n) is 6.18. The fourth-order valence-electron chi connectivity index (χ4n) is 4.17. The number of likely N-dealkylation sites (tertiary alicyclic amines) is 1. The Kier molecular flexibility index (Phi) is 6.48. The quantitative estimate of drug-likeness (QED) is 0.615. The number of nitrogens with zero attached hydrogens (tertiary/aromatic N) is 3. The average Bonchev–Trinajstić information content (AvgIpc) is 3.36. The third-order valence-corrected chi connectivity index (χ3v) is 7.27. The molecule has 32 heavy (non-hydrogen) atoms. The van der Waals surface area contributed by atoms with Gasteiger partial charge in [0.05, 0.1) is 17.0 Å². The third kappa shape index (κ3) is 4.49. The van der Waals surface area contributed by atoms with E-state index in [2.05, 4.69) is 20.6 Å². The number of thiazole rings is 1. The topological polar surface area (TPSA) is 107 Å². The van der Waals surface area contributed by atoms with Gasteiger partial charge in [-0.2, -0.15) is 0 Å². The molecule has 2 aromatic rings. The van der Waals surface area contributed by atoms with Crippen LogP contribution < -0.4 is 10.6 Å². The van der Waals surface area contributed by atoms with Gasteiger partial charge in [-0.25, -0.2) is 9.97 Å². The van der Waals surface area contributed by atoms with Gasteiger partial charge in [-0.3, -0.25) is 9.59 Å². The van der Waals surface area contributed by atoms with E-state index in [1.165, 1.54) is 11.3 Å². The molecule has 3 heterocycles.